The molecule has 1 saturated heterocycles. The van der Waals surface area contributed by atoms with Gasteiger partial charge in [-0.25, -0.2) is 0 Å². The van der Waals surface area contributed by atoms with Gasteiger partial charge in [-0.1, -0.05) is 0 Å². The fourth-order valence-electron chi connectivity index (χ4n) is 2.89. The topological polar surface area (TPSA) is 165 Å². The first-order valence-electron chi connectivity index (χ1n) is 9.80. The molecule has 1 aliphatic heterocycles. The predicted octanol–water partition coefficient (Wildman–Crippen LogP) is -1.17. The molecular weight excluding hydrogens is 392 g/mol. The fraction of sp³-hybridized carbons (Fsp3) is 0.500. The van der Waals surface area contributed by atoms with Gasteiger partial charge in [-0.15, -0.1) is 0 Å². The summed E-state index contributed by atoms with van der Waals surface area (Å²) < 4.78 is 0. The van der Waals surface area contributed by atoms with Gasteiger partial charge in [0.25, 0.3) is 0 Å². The Hall–Kier alpha value is -3.14. The Morgan fingerprint density at radius 3 is 2.10 bits per heavy atom. The summed E-state index contributed by atoms with van der Waals surface area (Å²) in [5.74, 6) is -1.29. The van der Waals surface area contributed by atoms with Gasteiger partial charge < -0.3 is 21.7 Å². The number of hydrogen-bond acceptors (Lipinski definition) is 7. The first kappa shape index (κ1) is 24.9. The van der Waals surface area contributed by atoms with Crippen molar-refractivity contribution in [1.29, 1.82) is 0 Å². The number of unbranched alkanes of at least 4 members (excludes halogenated alkanes) is 1. The van der Waals surface area contributed by atoms with Crippen molar-refractivity contribution in [3.05, 3.63) is 24.3 Å². The molecule has 0 aromatic rings. The van der Waals surface area contributed by atoms with Crippen molar-refractivity contribution in [2.24, 2.45) is 5.73 Å². The Kier molecular flexibility index (Phi) is 11.6. The molecule has 3 amide bonds. The van der Waals surface area contributed by atoms with Crippen LogP contribution in [0.4, 0.5) is 0 Å². The number of nitrogens with two attached hydrogens (primary N) is 1. The Bertz CT molecular complexity index is 703. The van der Waals surface area contributed by atoms with Crippen LogP contribution in [0.1, 0.15) is 38.5 Å². The molecule has 0 aliphatic carbocycles. The molecule has 0 radical (unpaired) electrons. The molecule has 10 nitrogen and oxygen atoms in total. The van der Waals surface area contributed by atoms with E-state index in [0.717, 1.165) is 24.3 Å². The molecule has 0 aromatic heterocycles. The predicted molar refractivity (Wildman–Crippen MR) is 108 cm³/mol. The summed E-state index contributed by atoms with van der Waals surface area (Å²) in [6, 6.07) is -2.06. The van der Waals surface area contributed by atoms with Gasteiger partial charge in [0.2, 0.25) is 17.7 Å². The summed E-state index contributed by atoms with van der Waals surface area (Å²) in [5.41, 5.74) is 5.73. The van der Waals surface area contributed by atoms with Crippen LogP contribution in [0.3, 0.4) is 0 Å². The van der Waals surface area contributed by atoms with E-state index in [-0.39, 0.29) is 23.5 Å². The summed E-state index contributed by atoms with van der Waals surface area (Å²) in [7, 11) is 0. The van der Waals surface area contributed by atoms with Crippen LogP contribution in [0.2, 0.25) is 0 Å². The van der Waals surface area contributed by atoms with Crippen molar-refractivity contribution in [2.75, 3.05) is 6.54 Å². The van der Waals surface area contributed by atoms with E-state index in [4.69, 9.17) is 5.73 Å². The molecule has 3 atom stereocenters. The molecule has 0 spiro atoms. The zero-order valence-corrected chi connectivity index (χ0v) is 16.7. The van der Waals surface area contributed by atoms with E-state index >= 15 is 0 Å². The monoisotopic (exact) mass is 420 g/mol. The van der Waals surface area contributed by atoms with Gasteiger partial charge >= 0.3 is 0 Å². The van der Waals surface area contributed by atoms with Gasteiger partial charge in [-0.2, -0.15) is 0 Å². The van der Waals surface area contributed by atoms with Crippen molar-refractivity contribution in [1.82, 2.24) is 16.0 Å². The van der Waals surface area contributed by atoms with Gasteiger partial charge in [0.15, 0.2) is 5.78 Å². The van der Waals surface area contributed by atoms with Crippen LogP contribution in [-0.4, -0.2) is 60.7 Å². The van der Waals surface area contributed by atoms with E-state index < -0.39 is 18.1 Å². The number of rotatable bonds is 14. The van der Waals surface area contributed by atoms with E-state index in [0.29, 0.717) is 57.6 Å². The molecule has 3 unspecified atom stereocenters. The Morgan fingerprint density at radius 2 is 1.50 bits per heavy atom. The van der Waals surface area contributed by atoms with Gasteiger partial charge in [-0.05, 0) is 56.8 Å². The maximum atomic E-state index is 12.2. The lowest BCUT2D eigenvalue weighted by atomic mass is 9.99. The zero-order valence-electron chi connectivity index (χ0n) is 16.7. The number of ketones is 1. The SMILES string of the molecule is NC(CCCC1NC(=O)C(CCCCNC(=O)/C=C\C=O)NC1=O)C(=O)/C=C\C=O. The number of aldehydes is 2. The molecule has 1 fully saturated rings. The van der Waals surface area contributed by atoms with Gasteiger partial charge in [0.05, 0.1) is 6.04 Å². The molecule has 1 rings (SSSR count). The average molecular weight is 420 g/mol. The Morgan fingerprint density at radius 1 is 0.933 bits per heavy atom. The number of hydrogen-bond donors (Lipinski definition) is 4. The lowest BCUT2D eigenvalue weighted by Crippen LogP contribution is -2.61. The largest absolute Gasteiger partial charge is 0.353 e. The van der Waals surface area contributed by atoms with Crippen LogP contribution >= 0.6 is 0 Å². The smallest absolute Gasteiger partial charge is 0.244 e. The summed E-state index contributed by atoms with van der Waals surface area (Å²) in [6.07, 6.45) is 8.25. The summed E-state index contributed by atoms with van der Waals surface area (Å²) in [4.78, 5) is 67.7. The lowest BCUT2D eigenvalue weighted by molar-refractivity contribution is -0.137. The van der Waals surface area contributed by atoms with E-state index in [1.54, 1.807) is 0 Å². The van der Waals surface area contributed by atoms with Crippen molar-refractivity contribution in [3.63, 3.8) is 0 Å². The molecule has 1 aliphatic rings. The van der Waals surface area contributed by atoms with Crippen LogP contribution in [-0.2, 0) is 28.8 Å². The van der Waals surface area contributed by atoms with Crippen molar-refractivity contribution in [3.8, 4) is 0 Å². The molecule has 164 valence electrons. The second-order valence-electron chi connectivity index (χ2n) is 6.84. The van der Waals surface area contributed by atoms with Crippen LogP contribution in [0, 0.1) is 0 Å². The minimum absolute atomic E-state index is 0.271. The first-order valence-corrected chi connectivity index (χ1v) is 9.80. The minimum Gasteiger partial charge on any atom is -0.353 e. The zero-order chi connectivity index (χ0) is 22.4. The summed E-state index contributed by atoms with van der Waals surface area (Å²) >= 11 is 0. The molecule has 0 saturated carbocycles. The Balaban J connectivity index is 2.28. The van der Waals surface area contributed by atoms with Gasteiger partial charge in [0, 0.05) is 12.6 Å². The molecular formula is C20H28N4O6. The third kappa shape index (κ3) is 9.37. The normalized spacial score (nSPS) is 19.9. The van der Waals surface area contributed by atoms with Crippen molar-refractivity contribution >= 4 is 36.1 Å². The maximum Gasteiger partial charge on any atom is 0.244 e. The van der Waals surface area contributed by atoms with Gasteiger partial charge in [-0.3, -0.25) is 28.8 Å². The van der Waals surface area contributed by atoms with E-state index in [1.807, 2.05) is 0 Å². The van der Waals surface area contributed by atoms with Crippen LogP contribution in [0.5, 0.6) is 0 Å². The maximum absolute atomic E-state index is 12.2. The number of nitrogens with one attached hydrogen (secondary N) is 3. The third-order valence-corrected chi connectivity index (χ3v) is 4.52. The third-order valence-electron chi connectivity index (χ3n) is 4.52. The molecule has 10 heteroatoms. The molecule has 1 heterocycles. The summed E-state index contributed by atoms with van der Waals surface area (Å²) in [5, 5.41) is 7.99. The number of allylic oxidation sites excluding steroid dienone is 2. The molecule has 5 N–H and O–H groups in total. The van der Waals surface area contributed by atoms with Crippen molar-refractivity contribution < 1.29 is 28.8 Å². The molecule has 30 heavy (non-hydrogen) atoms. The fourth-order valence-corrected chi connectivity index (χ4v) is 2.89. The van der Waals surface area contributed by atoms with Gasteiger partial charge in [0.1, 0.15) is 24.7 Å². The highest BCUT2D eigenvalue weighted by atomic mass is 16.2. The molecule has 0 aromatic carbocycles. The first-order chi connectivity index (χ1) is 14.4. The second-order valence-corrected chi connectivity index (χ2v) is 6.84. The van der Waals surface area contributed by atoms with E-state index in [9.17, 15) is 28.8 Å². The Labute approximate surface area is 174 Å². The highest BCUT2D eigenvalue weighted by molar-refractivity contribution is 5.97. The minimum atomic E-state index is -0.759. The second kappa shape index (κ2) is 13.9. The quantitative estimate of drug-likeness (QED) is 0.156. The van der Waals surface area contributed by atoms with E-state index in [1.165, 1.54) is 0 Å². The lowest BCUT2D eigenvalue weighted by Gasteiger charge is -2.29. The average Bonchev–Trinajstić information content (AvgIpc) is 2.72. The van der Waals surface area contributed by atoms with Crippen LogP contribution in [0.25, 0.3) is 0 Å². The number of carbonyl (C=O) groups is 6. The highest BCUT2D eigenvalue weighted by Gasteiger charge is 2.32. The van der Waals surface area contributed by atoms with E-state index in [2.05, 4.69) is 16.0 Å². The van der Waals surface area contributed by atoms with Crippen LogP contribution in [0.15, 0.2) is 24.3 Å². The number of amides is 3. The highest BCUT2D eigenvalue weighted by Crippen LogP contribution is 2.11. The van der Waals surface area contributed by atoms with Crippen molar-refractivity contribution in [2.45, 2.75) is 56.7 Å². The summed E-state index contributed by atoms with van der Waals surface area (Å²) in [6.45, 7) is 0.397. The van der Waals surface area contributed by atoms with Crippen LogP contribution < -0.4 is 21.7 Å². The standard InChI is InChI=1S/C20H28N4O6/c21-14(17(27)9-4-12-25)6-3-8-16-20(30)23-15(19(29)24-16)7-1-2-11-22-18(28)10-5-13-26/h4-5,9-10,12-16H,1-3,6-8,11,21H2,(H,22,28)(H,23,30)(H,24,29)/b9-4-,10-5-. The number of piperazine rings is 1. The number of carbonyl (C=O) groups excluding carboxylic acids is 6. The molecule has 0 bridgehead atoms.